The van der Waals surface area contributed by atoms with Crippen LogP contribution in [0.3, 0.4) is 0 Å². The highest BCUT2D eigenvalue weighted by Crippen LogP contribution is 2.32. The first kappa shape index (κ1) is 27.1. The smallest absolute Gasteiger partial charge is 0.362 e. The number of benzene rings is 1. The Labute approximate surface area is 224 Å². The van der Waals surface area contributed by atoms with E-state index in [9.17, 15) is 28.2 Å². The van der Waals surface area contributed by atoms with Crippen LogP contribution in [-0.2, 0) is 24.0 Å². The molecule has 0 bridgehead atoms. The number of ether oxygens (including phenoxy) is 1. The van der Waals surface area contributed by atoms with Gasteiger partial charge < -0.3 is 20.7 Å². The highest BCUT2D eigenvalue weighted by molar-refractivity contribution is 7.85. The van der Waals surface area contributed by atoms with Gasteiger partial charge in [-0.3, -0.25) is 18.3 Å². The van der Waals surface area contributed by atoms with Crippen LogP contribution in [0.25, 0.3) is 22.6 Å². The van der Waals surface area contributed by atoms with Crippen LogP contribution in [0.4, 0.5) is 5.82 Å². The normalized spacial score (nSPS) is 21.1. The molecule has 0 unspecified atom stereocenters. The maximum absolute atomic E-state index is 12.7. The number of imidazole rings is 1. The van der Waals surface area contributed by atoms with Crippen molar-refractivity contribution < 1.29 is 37.1 Å². The Balaban J connectivity index is 1.15. The number of nitrogens with zero attached hydrogens (tertiary/aromatic N) is 7. The Morgan fingerprint density at radius 3 is 2.73 bits per heavy atom. The fraction of sp³-hybridized carbons (Fsp3) is 0.333. The quantitative estimate of drug-likeness (QED) is 0.131. The molecule has 5 rings (SSSR count). The molecule has 19 heteroatoms. The van der Waals surface area contributed by atoms with E-state index in [0.29, 0.717) is 5.56 Å². The van der Waals surface area contributed by atoms with Gasteiger partial charge in [0.05, 0.1) is 12.9 Å². The number of amides is 1. The maximum Gasteiger partial charge on any atom is 0.362 e. The van der Waals surface area contributed by atoms with Crippen molar-refractivity contribution in [2.24, 2.45) is 0 Å². The summed E-state index contributed by atoms with van der Waals surface area (Å²) in [5.74, 6) is -1.17. The second-order valence-electron chi connectivity index (χ2n) is 8.60. The number of ketones is 1. The molecule has 1 amide bonds. The highest BCUT2D eigenvalue weighted by Gasteiger charge is 2.45. The Bertz CT molecular complexity index is 1640. The van der Waals surface area contributed by atoms with Gasteiger partial charge in [0.15, 0.2) is 23.5 Å². The molecule has 1 fully saturated rings. The summed E-state index contributed by atoms with van der Waals surface area (Å²) in [5.41, 5.74) is 6.85. The summed E-state index contributed by atoms with van der Waals surface area (Å²) in [6.45, 7) is -0.738. The Hall–Kier alpha value is -4.43. The third-order valence-electron chi connectivity index (χ3n) is 6.02. The van der Waals surface area contributed by atoms with Gasteiger partial charge in [0.2, 0.25) is 11.7 Å². The van der Waals surface area contributed by atoms with E-state index in [1.807, 2.05) is 0 Å². The molecule has 1 saturated heterocycles. The number of hydrogen-bond acceptors (Lipinski definition) is 15. The number of hydrogen-bond donors (Lipinski definition) is 5. The number of aromatic nitrogens is 8. The summed E-state index contributed by atoms with van der Waals surface area (Å²) in [4.78, 5) is 36.9. The second-order valence-corrected chi connectivity index (χ2v) is 9.95. The van der Waals surface area contributed by atoms with Crippen molar-refractivity contribution in [1.29, 1.82) is 0 Å². The predicted molar refractivity (Wildman–Crippen MR) is 132 cm³/mol. The number of Topliss-reactive ketones (excluding diaryl/α,β-unsaturated/α-hetero) is 1. The zero-order valence-electron chi connectivity index (χ0n) is 20.4. The standard InChI is InChI=1S/C21H22N10O8S/c22-18-15-20(24-8-23-18)31(9-25-15)21-17(35)16(34)13(39-21)7-38-40(36,37)28-14(33)6-5-12(32)10-3-1-2-4-11(10)19-26-29-30-27-19/h1-4,8-9,13,16-17,21,34-35H,5-7H2,(H,28,33)(H2,22,23,24)(H,26,27,29,30)/t13-,16-,17-,21-/m1/s1. The molecular weight excluding hydrogens is 552 g/mol. The number of anilines is 1. The average molecular weight is 575 g/mol. The van der Waals surface area contributed by atoms with Crippen molar-refractivity contribution in [3.8, 4) is 11.4 Å². The number of nitrogens with one attached hydrogen (secondary N) is 2. The van der Waals surface area contributed by atoms with Gasteiger partial charge >= 0.3 is 10.3 Å². The molecule has 1 aliphatic heterocycles. The SMILES string of the molecule is Nc1ncnc2c1ncn2[C@@H]1O[C@H](COS(=O)(=O)NC(=O)CCC(=O)c2ccccc2-c2nn[nH]n2)[C@@H](O)[C@H]1O. The molecule has 4 heterocycles. The van der Waals surface area contributed by atoms with Crippen LogP contribution in [0.15, 0.2) is 36.9 Å². The van der Waals surface area contributed by atoms with E-state index in [0.717, 1.165) is 0 Å². The summed E-state index contributed by atoms with van der Waals surface area (Å²) in [5, 5.41) is 34.3. The fourth-order valence-electron chi connectivity index (χ4n) is 4.09. The van der Waals surface area contributed by atoms with Crippen LogP contribution < -0.4 is 10.5 Å². The van der Waals surface area contributed by atoms with E-state index in [4.69, 9.17) is 14.7 Å². The van der Waals surface area contributed by atoms with E-state index >= 15 is 0 Å². The number of fused-ring (bicyclic) bond motifs is 1. The first-order chi connectivity index (χ1) is 19.1. The molecule has 1 aliphatic rings. The largest absolute Gasteiger partial charge is 0.387 e. The Morgan fingerprint density at radius 1 is 1.15 bits per heavy atom. The van der Waals surface area contributed by atoms with Gasteiger partial charge in [0.1, 0.15) is 30.2 Å². The number of rotatable bonds is 10. The number of carbonyl (C=O) groups excluding carboxylic acids is 2. The number of tetrazole rings is 1. The summed E-state index contributed by atoms with van der Waals surface area (Å²) in [7, 11) is -4.65. The van der Waals surface area contributed by atoms with E-state index < -0.39 is 59.6 Å². The molecule has 0 spiro atoms. The maximum atomic E-state index is 12.7. The van der Waals surface area contributed by atoms with Crippen molar-refractivity contribution in [3.05, 3.63) is 42.5 Å². The lowest BCUT2D eigenvalue weighted by Crippen LogP contribution is -2.37. The number of H-pyrrole nitrogens is 1. The van der Waals surface area contributed by atoms with Crippen molar-refractivity contribution in [2.45, 2.75) is 37.4 Å². The van der Waals surface area contributed by atoms with Gasteiger partial charge in [0, 0.05) is 24.0 Å². The summed E-state index contributed by atoms with van der Waals surface area (Å²) >= 11 is 0. The molecule has 6 N–H and O–H groups in total. The van der Waals surface area contributed by atoms with Gasteiger partial charge in [-0.2, -0.15) is 13.6 Å². The van der Waals surface area contributed by atoms with E-state index in [2.05, 4.69) is 35.6 Å². The average Bonchev–Trinajstić information content (AvgIpc) is 3.67. The highest BCUT2D eigenvalue weighted by atomic mass is 32.2. The lowest BCUT2D eigenvalue weighted by Gasteiger charge is -2.16. The minimum absolute atomic E-state index is 0.0939. The Kier molecular flexibility index (Phi) is 7.45. The molecule has 0 radical (unpaired) electrons. The molecule has 4 atom stereocenters. The second kappa shape index (κ2) is 11.0. The number of nitrogens with two attached hydrogens (primary N) is 1. The third-order valence-corrected chi connectivity index (χ3v) is 6.94. The van der Waals surface area contributed by atoms with E-state index in [1.165, 1.54) is 23.3 Å². The van der Waals surface area contributed by atoms with Crippen LogP contribution in [0.2, 0.25) is 0 Å². The molecule has 0 saturated carbocycles. The van der Waals surface area contributed by atoms with E-state index in [1.54, 1.807) is 22.9 Å². The van der Waals surface area contributed by atoms with Gasteiger partial charge in [-0.25, -0.2) is 19.7 Å². The van der Waals surface area contributed by atoms with Gasteiger partial charge in [-0.05, 0) is 5.21 Å². The third kappa shape index (κ3) is 5.49. The summed E-state index contributed by atoms with van der Waals surface area (Å²) < 4.78 is 38.1. The zero-order valence-corrected chi connectivity index (χ0v) is 21.2. The minimum atomic E-state index is -4.65. The van der Waals surface area contributed by atoms with Crippen LogP contribution in [0.1, 0.15) is 29.4 Å². The number of carbonyl (C=O) groups is 2. The molecule has 3 aromatic heterocycles. The molecule has 0 aliphatic carbocycles. The van der Waals surface area contributed by atoms with Gasteiger partial charge in [-0.15, -0.1) is 10.2 Å². The first-order valence-electron chi connectivity index (χ1n) is 11.7. The number of aliphatic hydroxyl groups excluding tert-OH is 2. The van der Waals surface area contributed by atoms with Crippen LogP contribution in [-0.4, -0.2) is 95.4 Å². The molecule has 210 valence electrons. The molecular formula is C21H22N10O8S. The van der Waals surface area contributed by atoms with Crippen molar-refractivity contribution >= 4 is 39.0 Å². The summed E-state index contributed by atoms with van der Waals surface area (Å²) in [6.07, 6.45) is -3.87. The van der Waals surface area contributed by atoms with Crippen molar-refractivity contribution in [3.63, 3.8) is 0 Å². The molecule has 40 heavy (non-hydrogen) atoms. The fourth-order valence-corrected chi connectivity index (χ4v) is 4.84. The number of nitrogen functional groups attached to an aromatic ring is 1. The predicted octanol–water partition coefficient (Wildman–Crippen LogP) is -1.75. The minimum Gasteiger partial charge on any atom is -0.387 e. The van der Waals surface area contributed by atoms with Crippen molar-refractivity contribution in [1.82, 2.24) is 44.9 Å². The monoisotopic (exact) mass is 574 g/mol. The topological polar surface area (TPSA) is 263 Å². The molecule has 1 aromatic carbocycles. The number of aliphatic hydroxyl groups is 2. The van der Waals surface area contributed by atoms with Crippen molar-refractivity contribution in [2.75, 3.05) is 12.3 Å². The lowest BCUT2D eigenvalue weighted by molar-refractivity contribution is -0.119. The van der Waals surface area contributed by atoms with Crippen LogP contribution >= 0.6 is 0 Å². The number of aromatic amines is 1. The van der Waals surface area contributed by atoms with Gasteiger partial charge in [0.25, 0.3) is 0 Å². The molecule has 18 nitrogen and oxygen atoms in total. The van der Waals surface area contributed by atoms with E-state index in [-0.39, 0.29) is 34.8 Å². The van der Waals surface area contributed by atoms with Crippen LogP contribution in [0.5, 0.6) is 0 Å². The van der Waals surface area contributed by atoms with Gasteiger partial charge in [-0.1, -0.05) is 24.3 Å². The van der Waals surface area contributed by atoms with Crippen LogP contribution in [0, 0.1) is 0 Å². The summed E-state index contributed by atoms with van der Waals surface area (Å²) in [6, 6.07) is 6.42. The molecule has 4 aromatic rings. The zero-order chi connectivity index (χ0) is 28.4. The Morgan fingerprint density at radius 2 is 1.95 bits per heavy atom. The first-order valence-corrected chi connectivity index (χ1v) is 13.1. The lowest BCUT2D eigenvalue weighted by atomic mass is 10.00.